The van der Waals surface area contributed by atoms with E-state index < -0.39 is 5.82 Å². The highest BCUT2D eigenvalue weighted by atomic mass is 19.1. The van der Waals surface area contributed by atoms with Crippen molar-refractivity contribution in [1.29, 1.82) is 0 Å². The van der Waals surface area contributed by atoms with Crippen molar-refractivity contribution in [3.05, 3.63) is 29.6 Å². The topological polar surface area (TPSA) is 52.3 Å². The van der Waals surface area contributed by atoms with E-state index in [2.05, 4.69) is 0 Å². The first-order valence-corrected chi connectivity index (χ1v) is 6.23. The van der Waals surface area contributed by atoms with Crippen LogP contribution in [0.15, 0.2) is 18.2 Å². The van der Waals surface area contributed by atoms with Crippen LogP contribution >= 0.6 is 0 Å². The molecule has 0 radical (unpaired) electrons. The van der Waals surface area contributed by atoms with Gasteiger partial charge in [-0.1, -0.05) is 18.6 Å². The Balaban J connectivity index is 2.12. The normalized spacial score (nSPS) is 23.1. The summed E-state index contributed by atoms with van der Waals surface area (Å²) < 4.78 is 18.8. The van der Waals surface area contributed by atoms with Crippen LogP contribution in [0.2, 0.25) is 0 Å². The van der Waals surface area contributed by atoms with E-state index in [1.165, 1.54) is 7.11 Å². The average Bonchev–Trinajstić information content (AvgIpc) is 2.78. The predicted octanol–water partition coefficient (Wildman–Crippen LogP) is 2.07. The van der Waals surface area contributed by atoms with Gasteiger partial charge in [0, 0.05) is 18.4 Å². The smallest absolute Gasteiger partial charge is 0.168 e. The molecule has 1 aromatic carbocycles. The summed E-state index contributed by atoms with van der Waals surface area (Å²) in [5, 5.41) is 0. The maximum atomic E-state index is 13.9. The van der Waals surface area contributed by atoms with E-state index in [1.54, 1.807) is 18.2 Å². The molecule has 0 spiro atoms. The molecule has 2 N–H and O–H groups in total. The van der Waals surface area contributed by atoms with Crippen molar-refractivity contribution in [3.63, 3.8) is 0 Å². The summed E-state index contributed by atoms with van der Waals surface area (Å²) in [6.07, 6.45) is 2.79. The van der Waals surface area contributed by atoms with Gasteiger partial charge in [0.15, 0.2) is 11.6 Å². The fourth-order valence-electron chi connectivity index (χ4n) is 2.56. The molecule has 2 atom stereocenters. The van der Waals surface area contributed by atoms with E-state index in [4.69, 9.17) is 10.5 Å². The van der Waals surface area contributed by atoms with Crippen molar-refractivity contribution >= 4 is 5.78 Å². The monoisotopic (exact) mass is 251 g/mol. The number of nitrogens with two attached hydrogens (primary N) is 1. The van der Waals surface area contributed by atoms with Crippen LogP contribution in [0, 0.1) is 11.7 Å². The number of ketones is 1. The molecule has 18 heavy (non-hydrogen) atoms. The first-order chi connectivity index (χ1) is 8.63. The van der Waals surface area contributed by atoms with Crippen LogP contribution in [0.1, 0.15) is 24.8 Å². The third-order valence-corrected chi connectivity index (χ3v) is 3.61. The van der Waals surface area contributed by atoms with Gasteiger partial charge in [-0.15, -0.1) is 0 Å². The number of carbonyl (C=O) groups is 1. The van der Waals surface area contributed by atoms with E-state index in [-0.39, 0.29) is 29.9 Å². The highest BCUT2D eigenvalue weighted by Crippen LogP contribution is 2.27. The van der Waals surface area contributed by atoms with Crippen molar-refractivity contribution in [2.45, 2.75) is 31.7 Å². The third kappa shape index (κ3) is 2.53. The molecule has 0 bridgehead atoms. The fraction of sp³-hybridized carbons (Fsp3) is 0.500. The molecule has 2 rings (SSSR count). The Morgan fingerprint density at radius 1 is 1.50 bits per heavy atom. The summed E-state index contributed by atoms with van der Waals surface area (Å²) in [5.74, 6) is -0.348. The highest BCUT2D eigenvalue weighted by molar-refractivity contribution is 5.84. The Hall–Kier alpha value is -1.42. The van der Waals surface area contributed by atoms with E-state index in [0.29, 0.717) is 5.56 Å². The number of hydrogen-bond acceptors (Lipinski definition) is 3. The fourth-order valence-corrected chi connectivity index (χ4v) is 2.56. The quantitative estimate of drug-likeness (QED) is 0.891. The van der Waals surface area contributed by atoms with E-state index in [0.717, 1.165) is 19.3 Å². The summed E-state index contributed by atoms with van der Waals surface area (Å²) in [6, 6.07) is 4.80. The number of rotatable bonds is 4. The molecule has 98 valence electrons. The molecule has 2 unspecified atom stereocenters. The van der Waals surface area contributed by atoms with E-state index in [1.807, 2.05) is 0 Å². The summed E-state index contributed by atoms with van der Waals surface area (Å²) in [6.45, 7) is 0. The molecule has 1 aliphatic rings. The third-order valence-electron chi connectivity index (χ3n) is 3.61. The molecule has 4 heteroatoms. The molecule has 1 fully saturated rings. The number of carbonyl (C=O) groups excluding carboxylic acids is 1. The van der Waals surface area contributed by atoms with Crippen molar-refractivity contribution in [3.8, 4) is 5.75 Å². The van der Waals surface area contributed by atoms with Gasteiger partial charge < -0.3 is 10.5 Å². The van der Waals surface area contributed by atoms with Gasteiger partial charge >= 0.3 is 0 Å². The molecule has 0 saturated heterocycles. The maximum Gasteiger partial charge on any atom is 0.168 e. The van der Waals surface area contributed by atoms with Gasteiger partial charge in [0.05, 0.1) is 7.11 Å². The number of hydrogen-bond donors (Lipinski definition) is 1. The minimum Gasteiger partial charge on any atom is -0.494 e. The summed E-state index contributed by atoms with van der Waals surface area (Å²) in [4.78, 5) is 12.1. The Kier molecular flexibility index (Phi) is 3.97. The molecule has 1 saturated carbocycles. The molecule has 0 aromatic heterocycles. The van der Waals surface area contributed by atoms with Crippen molar-refractivity contribution < 1.29 is 13.9 Å². The van der Waals surface area contributed by atoms with Gasteiger partial charge in [0.25, 0.3) is 0 Å². The first-order valence-electron chi connectivity index (χ1n) is 6.23. The lowest BCUT2D eigenvalue weighted by atomic mass is 9.93. The second-order valence-electron chi connectivity index (χ2n) is 4.78. The van der Waals surface area contributed by atoms with Crippen molar-refractivity contribution in [2.75, 3.05) is 7.11 Å². The van der Waals surface area contributed by atoms with Crippen molar-refractivity contribution in [1.82, 2.24) is 0 Å². The molecule has 1 aliphatic carbocycles. The lowest BCUT2D eigenvalue weighted by Crippen LogP contribution is -2.31. The molecule has 1 aromatic rings. The zero-order valence-electron chi connectivity index (χ0n) is 10.5. The Morgan fingerprint density at radius 3 is 2.89 bits per heavy atom. The Labute approximate surface area is 106 Å². The molecule has 3 nitrogen and oxygen atoms in total. The summed E-state index contributed by atoms with van der Waals surface area (Å²) in [5.41, 5.74) is 6.28. The first kappa shape index (κ1) is 13.0. The Bertz CT molecular complexity index is 447. The van der Waals surface area contributed by atoms with Crippen LogP contribution in [0.25, 0.3) is 0 Å². The number of ether oxygens (including phenoxy) is 1. The van der Waals surface area contributed by atoms with Crippen LogP contribution in [-0.4, -0.2) is 18.9 Å². The Morgan fingerprint density at radius 2 is 2.28 bits per heavy atom. The molecule has 0 aliphatic heterocycles. The lowest BCUT2D eigenvalue weighted by molar-refractivity contribution is -0.122. The molecule has 0 amide bonds. The van der Waals surface area contributed by atoms with Gasteiger partial charge in [-0.05, 0) is 24.5 Å². The van der Waals surface area contributed by atoms with Crippen LogP contribution in [0.4, 0.5) is 4.39 Å². The predicted molar refractivity (Wildman–Crippen MR) is 67.0 cm³/mol. The zero-order valence-corrected chi connectivity index (χ0v) is 10.5. The van der Waals surface area contributed by atoms with Crippen LogP contribution in [0.5, 0.6) is 5.75 Å². The number of halogens is 1. The average molecular weight is 251 g/mol. The van der Waals surface area contributed by atoms with Gasteiger partial charge in [-0.2, -0.15) is 0 Å². The second-order valence-corrected chi connectivity index (χ2v) is 4.78. The van der Waals surface area contributed by atoms with E-state index in [9.17, 15) is 9.18 Å². The van der Waals surface area contributed by atoms with Crippen LogP contribution in [0.3, 0.4) is 0 Å². The van der Waals surface area contributed by atoms with Gasteiger partial charge in [0.2, 0.25) is 0 Å². The van der Waals surface area contributed by atoms with Crippen LogP contribution in [-0.2, 0) is 11.2 Å². The largest absolute Gasteiger partial charge is 0.494 e. The number of Topliss-reactive ketones (excluding diaryl/α,β-unsaturated/α-hetero) is 1. The molecule has 0 heterocycles. The minimum absolute atomic E-state index is 0.0344. The summed E-state index contributed by atoms with van der Waals surface area (Å²) in [7, 11) is 1.41. The SMILES string of the molecule is COc1cccc(CC(=O)C2CCCC2N)c1F. The lowest BCUT2D eigenvalue weighted by Gasteiger charge is -2.14. The molecular formula is C14H18FNO2. The number of methoxy groups -OCH3 is 1. The van der Waals surface area contributed by atoms with Gasteiger partial charge in [-0.25, -0.2) is 4.39 Å². The van der Waals surface area contributed by atoms with Gasteiger partial charge in [-0.3, -0.25) is 4.79 Å². The highest BCUT2D eigenvalue weighted by Gasteiger charge is 2.30. The standard InChI is InChI=1S/C14H18FNO2/c1-18-13-7-2-4-9(14(13)15)8-12(17)10-5-3-6-11(10)16/h2,4,7,10-11H,3,5-6,8,16H2,1H3. The maximum absolute atomic E-state index is 13.9. The van der Waals surface area contributed by atoms with Crippen LogP contribution < -0.4 is 10.5 Å². The van der Waals surface area contributed by atoms with Gasteiger partial charge in [0.1, 0.15) is 5.78 Å². The van der Waals surface area contributed by atoms with E-state index >= 15 is 0 Å². The molecular weight excluding hydrogens is 233 g/mol. The zero-order chi connectivity index (χ0) is 13.1. The number of benzene rings is 1. The second kappa shape index (κ2) is 5.48. The summed E-state index contributed by atoms with van der Waals surface area (Å²) >= 11 is 0. The van der Waals surface area contributed by atoms with Crippen molar-refractivity contribution in [2.24, 2.45) is 11.7 Å². The minimum atomic E-state index is -0.445.